The summed E-state index contributed by atoms with van der Waals surface area (Å²) in [6.07, 6.45) is 0.957. The zero-order chi connectivity index (χ0) is 69.0. The van der Waals surface area contributed by atoms with Gasteiger partial charge in [-0.3, -0.25) is 4.90 Å². The van der Waals surface area contributed by atoms with Gasteiger partial charge in [-0.05, 0) is 140 Å². The SMILES string of the molecule is Brc1ccc2c(c1)Oc1ccccc1C2.Brc1ccc2c(c1)Oc1ccccc1N2c1nc(-c2ccccc2)nc(-c2ccccc2)n1.C.C.C.CC1(C)OB(c2ccc3c(c2)c2ccccc2n3-c2ccc(-c3ccccc3)cc2)OC1(C)C.Clc1nc(-c2ccccc2)nc(-c2ccccc2)n1. The van der Waals surface area contributed by atoms with Crippen LogP contribution in [0.15, 0.2) is 312 Å². The highest BCUT2D eigenvalue weighted by atomic mass is 79.9. The molecule has 3 aromatic heterocycles. The van der Waals surface area contributed by atoms with Crippen LogP contribution in [0, 0.1) is 0 Å². The molecule has 0 bridgehead atoms. The number of rotatable bonds is 8. The Bertz CT molecular complexity index is 5340. The first-order chi connectivity index (χ1) is 49.3. The molecule has 0 atom stereocenters. The van der Waals surface area contributed by atoms with Gasteiger partial charge >= 0.3 is 7.12 Å². The molecule has 0 spiro atoms. The minimum absolute atomic E-state index is 0. The quantitative estimate of drug-likeness (QED) is 0.135. The van der Waals surface area contributed by atoms with Gasteiger partial charge in [0.15, 0.2) is 34.8 Å². The number of halogens is 3. The van der Waals surface area contributed by atoms with Gasteiger partial charge in [0.05, 0.1) is 33.6 Å². The minimum Gasteiger partial charge on any atom is -0.457 e. The van der Waals surface area contributed by atoms with Crippen LogP contribution in [-0.4, -0.2) is 52.8 Å². The first-order valence-electron chi connectivity index (χ1n) is 33.1. The van der Waals surface area contributed by atoms with Crippen LogP contribution < -0.4 is 19.8 Å². The van der Waals surface area contributed by atoms with Crippen LogP contribution in [0.2, 0.25) is 5.28 Å². The highest BCUT2D eigenvalue weighted by molar-refractivity contribution is 9.10. The van der Waals surface area contributed by atoms with Crippen LogP contribution in [0.25, 0.3) is 84.2 Å². The summed E-state index contributed by atoms with van der Waals surface area (Å²) in [5, 5.41) is 2.63. The molecule has 1 saturated heterocycles. The summed E-state index contributed by atoms with van der Waals surface area (Å²) in [6, 6.07) is 102. The van der Waals surface area contributed by atoms with Crippen LogP contribution in [0.3, 0.4) is 0 Å². The molecule has 6 heterocycles. The second-order valence-corrected chi connectivity index (χ2v) is 27.5. The largest absolute Gasteiger partial charge is 0.494 e. The average Bonchev–Trinajstić information content (AvgIpc) is 1.45. The summed E-state index contributed by atoms with van der Waals surface area (Å²) in [6.45, 7) is 8.38. The molecule has 3 aliphatic rings. The topological polar surface area (TPSA) is 122 Å². The van der Waals surface area contributed by atoms with Crippen molar-refractivity contribution in [2.45, 2.75) is 67.6 Å². The Morgan fingerprint density at radius 1 is 0.365 bits per heavy atom. The van der Waals surface area contributed by atoms with Gasteiger partial charge in [-0.15, -0.1) is 0 Å². The maximum Gasteiger partial charge on any atom is 0.494 e. The molecule has 15 aromatic rings. The van der Waals surface area contributed by atoms with E-state index in [9.17, 15) is 0 Å². The smallest absolute Gasteiger partial charge is 0.457 e. The Balaban J connectivity index is 0.000000135. The molecule has 18 rings (SSSR count). The number of hydrogen-bond donors (Lipinski definition) is 0. The van der Waals surface area contributed by atoms with Crippen LogP contribution in [0.5, 0.6) is 23.0 Å². The van der Waals surface area contributed by atoms with E-state index in [-0.39, 0.29) is 45.9 Å². The standard InChI is InChI=1S/C30H28BNO2.C27H17BrN4O.C15H10ClN3.C13H9BrO.3CH4/c1-29(2)30(3,4)34-31(33-29)23-16-19-28-26(20-23)25-12-8-9-13-27(25)32(28)24-17-14-22(15-18-24)21-10-6-5-7-11-21;28-20-15-16-22-24(17-20)33-23-14-8-7-13-21(23)32(22)27-30-25(18-9-3-1-4-10-18)29-26(31-27)19-11-5-2-6-12-19;16-15-18-13(11-7-3-1-4-8-11)17-14(19-15)12-9-5-2-6-10-12;14-11-6-5-10-7-9-3-1-2-4-12(9)15-13(10)8-11;;;/h5-20H,1-4H3;1-17H;1-10H;1-6,8H,7H2;3*1H4. The van der Waals surface area contributed by atoms with Gasteiger partial charge in [0, 0.05) is 54.1 Å². The third-order valence-corrected chi connectivity index (χ3v) is 19.3. The number of benzene rings is 12. The summed E-state index contributed by atoms with van der Waals surface area (Å²) >= 11 is 13.0. The van der Waals surface area contributed by atoms with Gasteiger partial charge in [-0.2, -0.15) is 19.9 Å². The van der Waals surface area contributed by atoms with Gasteiger partial charge in [-0.1, -0.05) is 285 Å². The van der Waals surface area contributed by atoms with E-state index in [1.807, 2.05) is 199 Å². The maximum atomic E-state index is 6.33. The Kier molecular flexibility index (Phi) is 22.3. The second kappa shape index (κ2) is 31.8. The number of anilines is 3. The number of fused-ring (bicyclic) bond motifs is 7. The van der Waals surface area contributed by atoms with Crippen molar-refractivity contribution >= 4 is 95.2 Å². The summed E-state index contributed by atoms with van der Waals surface area (Å²) in [7, 11) is -0.373. The lowest BCUT2D eigenvalue weighted by Crippen LogP contribution is -2.41. The van der Waals surface area contributed by atoms with Gasteiger partial charge < -0.3 is 23.3 Å². The van der Waals surface area contributed by atoms with Crippen molar-refractivity contribution in [3.63, 3.8) is 0 Å². The average molecular weight is 1520 g/mol. The number of para-hydroxylation sites is 4. The van der Waals surface area contributed by atoms with Gasteiger partial charge in [-0.25, -0.2) is 9.97 Å². The maximum absolute atomic E-state index is 6.33. The van der Waals surface area contributed by atoms with E-state index in [4.69, 9.17) is 45.3 Å². The second-order valence-electron chi connectivity index (χ2n) is 25.3. The molecule has 0 amide bonds. The molecule has 104 heavy (non-hydrogen) atoms. The van der Waals surface area contributed by atoms with Crippen LogP contribution in [-0.2, 0) is 15.7 Å². The summed E-state index contributed by atoms with van der Waals surface area (Å²) in [5.74, 6) is 6.33. The monoisotopic (exact) mass is 1510 g/mol. The molecule has 0 N–H and O–H groups in total. The van der Waals surface area contributed by atoms with Crippen molar-refractivity contribution in [2.24, 2.45) is 0 Å². The van der Waals surface area contributed by atoms with Crippen molar-refractivity contribution in [1.29, 1.82) is 0 Å². The number of ether oxygens (including phenoxy) is 2. The van der Waals surface area contributed by atoms with Gasteiger partial charge in [0.2, 0.25) is 11.2 Å². The third-order valence-electron chi connectivity index (χ3n) is 18.1. The minimum atomic E-state index is -0.373. The van der Waals surface area contributed by atoms with E-state index in [1.165, 1.54) is 44.1 Å². The van der Waals surface area contributed by atoms with Crippen molar-refractivity contribution in [3.8, 4) is 85.4 Å². The Morgan fingerprint density at radius 2 is 0.788 bits per heavy atom. The lowest BCUT2D eigenvalue weighted by atomic mass is 9.78. The van der Waals surface area contributed by atoms with Crippen molar-refractivity contribution in [3.05, 3.63) is 329 Å². The Labute approximate surface area is 630 Å². The molecule has 12 nitrogen and oxygen atoms in total. The molecule has 0 unspecified atom stereocenters. The summed E-state index contributed by atoms with van der Waals surface area (Å²) < 4.78 is 29.0. The molecule has 1 fully saturated rings. The Morgan fingerprint density at radius 3 is 1.36 bits per heavy atom. The predicted molar refractivity (Wildman–Crippen MR) is 434 cm³/mol. The fraction of sp³-hybridized carbons (Fsp3) is 0.114. The zero-order valence-electron chi connectivity index (χ0n) is 55.5. The molecule has 516 valence electrons. The van der Waals surface area contributed by atoms with Crippen LogP contribution in [0.1, 0.15) is 61.1 Å². The lowest BCUT2D eigenvalue weighted by molar-refractivity contribution is 0.00578. The fourth-order valence-corrected chi connectivity index (χ4v) is 13.1. The molecular weight excluding hydrogens is 1440 g/mol. The van der Waals surface area contributed by atoms with E-state index in [1.54, 1.807) is 0 Å². The number of aromatic nitrogens is 7. The highest BCUT2D eigenvalue weighted by Crippen LogP contribution is 2.51. The van der Waals surface area contributed by atoms with E-state index in [0.29, 0.717) is 29.2 Å². The van der Waals surface area contributed by atoms with E-state index in [0.717, 1.165) is 83.1 Å². The van der Waals surface area contributed by atoms with Crippen molar-refractivity contribution < 1.29 is 18.8 Å². The Hall–Kier alpha value is -10.9. The van der Waals surface area contributed by atoms with Gasteiger partial charge in [0.1, 0.15) is 11.5 Å². The van der Waals surface area contributed by atoms with E-state index >= 15 is 0 Å². The fourth-order valence-electron chi connectivity index (χ4n) is 12.3. The molecule has 12 aromatic carbocycles. The number of hydrogen-bond acceptors (Lipinski definition) is 11. The third kappa shape index (κ3) is 15.5. The first-order valence-corrected chi connectivity index (χ1v) is 35.1. The van der Waals surface area contributed by atoms with Crippen LogP contribution >= 0.6 is 43.5 Å². The molecule has 0 radical (unpaired) electrons. The molecule has 3 aliphatic heterocycles. The summed E-state index contributed by atoms with van der Waals surface area (Å²) in [4.78, 5) is 29.5. The normalized spacial score (nSPS) is 13.1. The first kappa shape index (κ1) is 72.9. The summed E-state index contributed by atoms with van der Waals surface area (Å²) in [5.41, 5.74) is 14.2. The lowest BCUT2D eigenvalue weighted by Gasteiger charge is -2.32. The molecule has 0 saturated carbocycles. The van der Waals surface area contributed by atoms with Crippen molar-refractivity contribution in [2.75, 3.05) is 4.90 Å². The highest BCUT2D eigenvalue weighted by Gasteiger charge is 2.52. The molecular formula is C88H76BBr2ClN8O4. The van der Waals surface area contributed by atoms with E-state index in [2.05, 4.69) is 188 Å². The van der Waals surface area contributed by atoms with E-state index < -0.39 is 0 Å². The number of nitrogens with zero attached hydrogens (tertiary/aromatic N) is 8. The molecule has 16 heteroatoms. The van der Waals surface area contributed by atoms with Crippen molar-refractivity contribution in [1.82, 2.24) is 34.5 Å². The zero-order valence-corrected chi connectivity index (χ0v) is 59.4. The van der Waals surface area contributed by atoms with Crippen LogP contribution in [0.4, 0.5) is 17.3 Å². The predicted octanol–water partition coefficient (Wildman–Crippen LogP) is 24.2. The van der Waals surface area contributed by atoms with Gasteiger partial charge in [0.25, 0.3) is 0 Å². The molecule has 0 aliphatic carbocycles.